The molecule has 92 valence electrons. The van der Waals surface area contributed by atoms with Crippen molar-refractivity contribution in [3.8, 4) is 0 Å². The predicted molar refractivity (Wildman–Crippen MR) is 69.7 cm³/mol. The van der Waals surface area contributed by atoms with Gasteiger partial charge >= 0.3 is 7.12 Å². The molecule has 1 aromatic heterocycles. The summed E-state index contributed by atoms with van der Waals surface area (Å²) in [4.78, 5) is 4.14. The average Bonchev–Trinajstić information content (AvgIpc) is 2.40. The lowest BCUT2D eigenvalue weighted by Crippen LogP contribution is -2.41. The molecule has 0 saturated carbocycles. The summed E-state index contributed by atoms with van der Waals surface area (Å²) in [5.74, 6) is 0. The van der Waals surface area contributed by atoms with Crippen LogP contribution in [-0.4, -0.2) is 23.3 Å². The van der Waals surface area contributed by atoms with Crippen LogP contribution in [0.3, 0.4) is 0 Å². The summed E-state index contributed by atoms with van der Waals surface area (Å²) in [6.07, 6.45) is 1.72. The van der Waals surface area contributed by atoms with Crippen LogP contribution in [-0.2, 0) is 9.31 Å². The zero-order valence-corrected chi connectivity index (χ0v) is 11.6. The van der Waals surface area contributed by atoms with Crippen LogP contribution in [0.1, 0.15) is 33.4 Å². The van der Waals surface area contributed by atoms with E-state index in [1.807, 2.05) is 40.7 Å². The molecule has 0 bridgehead atoms. The predicted octanol–water partition coefficient (Wildman–Crippen LogP) is 2.34. The third-order valence-electron chi connectivity index (χ3n) is 3.60. The highest BCUT2D eigenvalue weighted by molar-refractivity contribution is 6.65. The Bertz CT molecular complexity index is 432. The van der Waals surface area contributed by atoms with E-state index in [-0.39, 0.29) is 11.2 Å². The molecule has 0 N–H and O–H groups in total. The number of hydrogen-bond acceptors (Lipinski definition) is 3. The first kappa shape index (κ1) is 12.9. The summed E-state index contributed by atoms with van der Waals surface area (Å²) < 4.78 is 11.9. The van der Waals surface area contributed by atoms with Gasteiger partial charge in [0, 0.05) is 11.7 Å². The zero-order valence-electron chi connectivity index (χ0n) is 10.9. The van der Waals surface area contributed by atoms with Gasteiger partial charge in [0.15, 0.2) is 0 Å². The largest absolute Gasteiger partial charge is 0.496 e. The first-order valence-electron chi connectivity index (χ1n) is 5.71. The molecule has 0 radical (unpaired) electrons. The maximum absolute atomic E-state index is 6.24. The molecular weight excluding hydrogens is 236 g/mol. The Labute approximate surface area is 108 Å². The summed E-state index contributed by atoms with van der Waals surface area (Å²) in [5.41, 5.74) is 0.938. The zero-order chi connectivity index (χ0) is 12.8. The van der Waals surface area contributed by atoms with Crippen LogP contribution in [0.15, 0.2) is 12.3 Å². The lowest BCUT2D eigenvalue weighted by atomic mass is 9.79. The first-order valence-corrected chi connectivity index (χ1v) is 6.09. The summed E-state index contributed by atoms with van der Waals surface area (Å²) in [5, 5.41) is 0.617. The SMILES string of the molecule is Cc1nccc(B2OC(C)(C)C(C)(C)O2)c1Cl. The molecule has 0 amide bonds. The van der Waals surface area contributed by atoms with Crippen molar-refractivity contribution < 1.29 is 9.31 Å². The Balaban J connectivity index is 2.36. The van der Waals surface area contributed by atoms with Gasteiger partial charge in [0.05, 0.1) is 21.9 Å². The van der Waals surface area contributed by atoms with Crippen molar-refractivity contribution >= 4 is 24.2 Å². The lowest BCUT2D eigenvalue weighted by Gasteiger charge is -2.32. The summed E-state index contributed by atoms with van der Waals surface area (Å²) in [6.45, 7) is 9.96. The minimum atomic E-state index is -0.422. The van der Waals surface area contributed by atoms with Crippen molar-refractivity contribution in [2.24, 2.45) is 0 Å². The number of pyridine rings is 1. The fraction of sp³-hybridized carbons (Fsp3) is 0.583. The van der Waals surface area contributed by atoms with Crippen LogP contribution < -0.4 is 5.46 Å². The van der Waals surface area contributed by atoms with Gasteiger partial charge in [-0.05, 0) is 40.7 Å². The van der Waals surface area contributed by atoms with Gasteiger partial charge in [-0.25, -0.2) is 0 Å². The normalized spacial score (nSPS) is 21.9. The monoisotopic (exact) mass is 253 g/mol. The standard InChI is InChI=1S/C12H17BClNO2/c1-8-10(14)9(6-7-15-8)13-16-11(2,3)12(4,5)17-13/h6-7H,1-5H3. The van der Waals surface area contributed by atoms with Gasteiger partial charge in [0.1, 0.15) is 0 Å². The summed E-state index contributed by atoms with van der Waals surface area (Å²) >= 11 is 6.24. The van der Waals surface area contributed by atoms with Crippen molar-refractivity contribution in [3.63, 3.8) is 0 Å². The van der Waals surface area contributed by atoms with Crippen LogP contribution in [0.5, 0.6) is 0 Å². The molecule has 0 atom stereocenters. The second kappa shape index (κ2) is 3.97. The second-order valence-electron chi connectivity index (χ2n) is 5.39. The molecule has 0 aromatic carbocycles. The molecule has 0 spiro atoms. The molecule has 1 aliphatic heterocycles. The third-order valence-corrected chi connectivity index (χ3v) is 4.09. The fourth-order valence-corrected chi connectivity index (χ4v) is 1.92. The van der Waals surface area contributed by atoms with Crippen LogP contribution in [0.25, 0.3) is 0 Å². The van der Waals surface area contributed by atoms with Crippen molar-refractivity contribution in [1.82, 2.24) is 4.98 Å². The molecule has 17 heavy (non-hydrogen) atoms. The van der Waals surface area contributed by atoms with E-state index in [0.717, 1.165) is 11.2 Å². The van der Waals surface area contributed by atoms with Gasteiger partial charge in [-0.15, -0.1) is 0 Å². The fourth-order valence-electron chi connectivity index (χ4n) is 1.72. The molecule has 1 fully saturated rings. The Morgan fingerprint density at radius 2 is 1.71 bits per heavy atom. The molecule has 2 rings (SSSR count). The van der Waals surface area contributed by atoms with Gasteiger partial charge in [0.25, 0.3) is 0 Å². The van der Waals surface area contributed by atoms with Crippen LogP contribution >= 0.6 is 11.6 Å². The minimum absolute atomic E-state index is 0.349. The molecule has 1 saturated heterocycles. The minimum Gasteiger partial charge on any atom is -0.399 e. The highest BCUT2D eigenvalue weighted by Crippen LogP contribution is 2.37. The molecule has 2 heterocycles. The van der Waals surface area contributed by atoms with E-state index in [2.05, 4.69) is 4.98 Å². The van der Waals surface area contributed by atoms with E-state index >= 15 is 0 Å². The highest BCUT2D eigenvalue weighted by Gasteiger charge is 2.52. The van der Waals surface area contributed by atoms with Gasteiger partial charge in [-0.2, -0.15) is 0 Å². The molecule has 5 heteroatoms. The molecule has 0 unspecified atom stereocenters. The highest BCUT2D eigenvalue weighted by atomic mass is 35.5. The van der Waals surface area contributed by atoms with E-state index in [1.54, 1.807) is 6.20 Å². The van der Waals surface area contributed by atoms with Crippen molar-refractivity contribution in [1.29, 1.82) is 0 Å². The quantitative estimate of drug-likeness (QED) is 0.720. The summed E-state index contributed by atoms with van der Waals surface area (Å²) in [7, 11) is -0.422. The molecule has 1 aromatic rings. The Hall–Kier alpha value is -0.575. The summed E-state index contributed by atoms with van der Waals surface area (Å²) in [6, 6.07) is 1.84. The Kier molecular flexibility index (Phi) is 3.01. The maximum Gasteiger partial charge on any atom is 0.496 e. The first-order chi connectivity index (χ1) is 7.74. The van der Waals surface area contributed by atoms with Gasteiger partial charge < -0.3 is 9.31 Å². The number of nitrogens with zero attached hydrogens (tertiary/aromatic N) is 1. The van der Waals surface area contributed by atoms with Crippen molar-refractivity contribution in [2.45, 2.75) is 45.8 Å². The third kappa shape index (κ3) is 2.10. The lowest BCUT2D eigenvalue weighted by molar-refractivity contribution is 0.00578. The van der Waals surface area contributed by atoms with E-state index in [9.17, 15) is 0 Å². The molecular formula is C12H17BClNO2. The Morgan fingerprint density at radius 3 is 2.24 bits per heavy atom. The molecule has 1 aliphatic rings. The molecule has 0 aliphatic carbocycles. The maximum atomic E-state index is 6.24. The van der Waals surface area contributed by atoms with Crippen molar-refractivity contribution in [2.75, 3.05) is 0 Å². The van der Waals surface area contributed by atoms with Crippen molar-refractivity contribution in [3.05, 3.63) is 23.0 Å². The van der Waals surface area contributed by atoms with E-state index in [4.69, 9.17) is 20.9 Å². The van der Waals surface area contributed by atoms with Crippen LogP contribution in [0, 0.1) is 6.92 Å². The molecule has 3 nitrogen and oxygen atoms in total. The Morgan fingerprint density at radius 1 is 1.18 bits per heavy atom. The number of aromatic nitrogens is 1. The number of aryl methyl sites for hydroxylation is 1. The smallest absolute Gasteiger partial charge is 0.399 e. The van der Waals surface area contributed by atoms with Gasteiger partial charge in [0.2, 0.25) is 0 Å². The second-order valence-corrected chi connectivity index (χ2v) is 5.77. The van der Waals surface area contributed by atoms with Gasteiger partial charge in [-0.1, -0.05) is 11.6 Å². The average molecular weight is 254 g/mol. The van der Waals surface area contributed by atoms with E-state index < -0.39 is 7.12 Å². The number of halogens is 1. The van der Waals surface area contributed by atoms with Crippen LogP contribution in [0.4, 0.5) is 0 Å². The topological polar surface area (TPSA) is 31.4 Å². The number of rotatable bonds is 1. The van der Waals surface area contributed by atoms with Crippen LogP contribution in [0.2, 0.25) is 5.02 Å². The van der Waals surface area contributed by atoms with E-state index in [0.29, 0.717) is 5.02 Å². The number of hydrogen-bond donors (Lipinski definition) is 0. The van der Waals surface area contributed by atoms with Gasteiger partial charge in [-0.3, -0.25) is 4.98 Å². The van der Waals surface area contributed by atoms with E-state index in [1.165, 1.54) is 0 Å².